The highest BCUT2D eigenvalue weighted by Gasteiger charge is 2.28. The summed E-state index contributed by atoms with van der Waals surface area (Å²) in [6.07, 6.45) is 3.03. The molecular weight excluding hydrogens is 576 g/mol. The Morgan fingerprint density at radius 1 is 0.889 bits per heavy atom. The number of aliphatic hydroxyl groups excluding tert-OH is 1. The molecule has 2 aromatic rings. The van der Waals surface area contributed by atoms with Crippen LogP contribution < -0.4 is 20.7 Å². The van der Waals surface area contributed by atoms with E-state index in [1.165, 1.54) is 7.11 Å². The van der Waals surface area contributed by atoms with E-state index in [-0.39, 0.29) is 44.6 Å². The summed E-state index contributed by atoms with van der Waals surface area (Å²) < 4.78 is 9.93. The fourth-order valence-corrected chi connectivity index (χ4v) is 5.32. The molecule has 3 rings (SSSR count). The molecule has 45 heavy (non-hydrogen) atoms. The Labute approximate surface area is 266 Å². The lowest BCUT2D eigenvalue weighted by Crippen LogP contribution is -2.55. The Balaban J connectivity index is 1.68. The van der Waals surface area contributed by atoms with Gasteiger partial charge in [-0.2, -0.15) is 0 Å². The largest absolute Gasteiger partial charge is 0.497 e. The van der Waals surface area contributed by atoms with Crippen molar-refractivity contribution in [2.45, 2.75) is 82.5 Å². The van der Waals surface area contributed by atoms with E-state index >= 15 is 0 Å². The minimum Gasteiger partial charge on any atom is -0.497 e. The molecule has 0 aromatic heterocycles. The molecule has 1 aliphatic rings. The monoisotopic (exact) mass is 624 g/mol. The van der Waals surface area contributed by atoms with E-state index in [1.807, 2.05) is 59.5 Å². The van der Waals surface area contributed by atoms with Crippen molar-refractivity contribution < 1.29 is 33.8 Å². The lowest BCUT2D eigenvalue weighted by atomic mass is 9.99. The molecule has 1 fully saturated rings. The van der Waals surface area contributed by atoms with Crippen molar-refractivity contribution in [2.75, 3.05) is 33.9 Å². The fraction of sp³-hybridized carbons (Fsp3) is 0.529. The van der Waals surface area contributed by atoms with Crippen molar-refractivity contribution in [3.8, 4) is 5.75 Å². The predicted molar refractivity (Wildman–Crippen MR) is 170 cm³/mol. The zero-order valence-corrected chi connectivity index (χ0v) is 26.5. The highest BCUT2D eigenvalue weighted by molar-refractivity contribution is 5.88. The number of rotatable bonds is 18. The highest BCUT2D eigenvalue weighted by Crippen LogP contribution is 2.14. The van der Waals surface area contributed by atoms with Gasteiger partial charge in [-0.25, -0.2) is 0 Å². The lowest BCUT2D eigenvalue weighted by Gasteiger charge is -2.29. The number of nitrogens with one attached hydrogen (secondary N) is 3. The SMILES string of the molecule is COC(=O)CCCC(=O)N[C@H](CCC(=O)N1CCCCC1)C(=O)N[C@@H](Cc1ccccc1)[C@@H](O)CNCc1cccc(OC)c1. The fourth-order valence-electron chi connectivity index (χ4n) is 5.32. The molecule has 0 radical (unpaired) electrons. The van der Waals surface area contributed by atoms with Gasteiger partial charge in [-0.1, -0.05) is 42.5 Å². The number of amides is 3. The van der Waals surface area contributed by atoms with E-state index in [0.29, 0.717) is 26.1 Å². The number of hydrogen-bond donors (Lipinski definition) is 4. The summed E-state index contributed by atoms with van der Waals surface area (Å²) in [5, 5.41) is 20.2. The van der Waals surface area contributed by atoms with Gasteiger partial charge in [0.1, 0.15) is 11.8 Å². The van der Waals surface area contributed by atoms with Crippen LogP contribution in [0.1, 0.15) is 62.5 Å². The molecule has 3 amide bonds. The van der Waals surface area contributed by atoms with E-state index in [0.717, 1.165) is 36.1 Å². The van der Waals surface area contributed by atoms with E-state index in [4.69, 9.17) is 4.74 Å². The Morgan fingerprint density at radius 3 is 2.33 bits per heavy atom. The molecule has 0 bridgehead atoms. The van der Waals surface area contributed by atoms with Crippen LogP contribution in [0.2, 0.25) is 0 Å². The first-order chi connectivity index (χ1) is 21.8. The maximum absolute atomic E-state index is 13.7. The van der Waals surface area contributed by atoms with Gasteiger partial charge in [0.25, 0.3) is 0 Å². The van der Waals surface area contributed by atoms with Crippen molar-refractivity contribution >= 4 is 23.7 Å². The molecule has 0 aliphatic carbocycles. The van der Waals surface area contributed by atoms with Crippen molar-refractivity contribution in [1.29, 1.82) is 0 Å². The zero-order chi connectivity index (χ0) is 32.4. The lowest BCUT2D eigenvalue weighted by molar-refractivity contribution is -0.141. The summed E-state index contributed by atoms with van der Waals surface area (Å²) in [5.41, 5.74) is 1.91. The summed E-state index contributed by atoms with van der Waals surface area (Å²) in [5.74, 6) is -0.599. The first-order valence-electron chi connectivity index (χ1n) is 15.8. The van der Waals surface area contributed by atoms with Gasteiger partial charge in [0.05, 0.1) is 26.4 Å². The van der Waals surface area contributed by atoms with E-state index < -0.39 is 36.0 Å². The second-order valence-electron chi connectivity index (χ2n) is 11.4. The van der Waals surface area contributed by atoms with Crippen molar-refractivity contribution in [2.24, 2.45) is 0 Å². The summed E-state index contributed by atoms with van der Waals surface area (Å²) in [4.78, 5) is 52.7. The third-order valence-corrected chi connectivity index (χ3v) is 7.93. The maximum atomic E-state index is 13.7. The number of likely N-dealkylation sites (tertiary alicyclic amines) is 1. The third kappa shape index (κ3) is 12.9. The van der Waals surface area contributed by atoms with Crippen LogP contribution in [0.5, 0.6) is 5.75 Å². The summed E-state index contributed by atoms with van der Waals surface area (Å²) in [6.45, 7) is 2.09. The van der Waals surface area contributed by atoms with E-state index in [9.17, 15) is 24.3 Å². The number of esters is 1. The molecule has 4 N–H and O–H groups in total. The number of carbonyl (C=O) groups excluding carboxylic acids is 4. The summed E-state index contributed by atoms with van der Waals surface area (Å²) in [6, 6.07) is 15.5. The Kier molecular flexibility index (Phi) is 15.3. The number of methoxy groups -OCH3 is 2. The molecule has 246 valence electrons. The van der Waals surface area contributed by atoms with Crippen molar-refractivity contribution in [3.05, 3.63) is 65.7 Å². The molecule has 3 atom stereocenters. The molecule has 2 aromatic carbocycles. The first-order valence-corrected chi connectivity index (χ1v) is 15.8. The van der Waals surface area contributed by atoms with Gasteiger partial charge in [0.15, 0.2) is 0 Å². The summed E-state index contributed by atoms with van der Waals surface area (Å²) in [7, 11) is 2.89. The number of carbonyl (C=O) groups is 4. The van der Waals surface area contributed by atoms with Crippen molar-refractivity contribution in [3.63, 3.8) is 0 Å². The molecule has 0 saturated carbocycles. The molecule has 0 spiro atoms. The Hall–Kier alpha value is -3.96. The second-order valence-corrected chi connectivity index (χ2v) is 11.4. The van der Waals surface area contributed by atoms with Gasteiger partial charge < -0.3 is 35.4 Å². The van der Waals surface area contributed by atoms with Crippen LogP contribution in [0.15, 0.2) is 54.6 Å². The third-order valence-electron chi connectivity index (χ3n) is 7.93. The molecule has 11 nitrogen and oxygen atoms in total. The van der Waals surface area contributed by atoms with Crippen LogP contribution in [0.25, 0.3) is 0 Å². The van der Waals surface area contributed by atoms with Crippen LogP contribution in [-0.2, 0) is 36.9 Å². The van der Waals surface area contributed by atoms with E-state index in [2.05, 4.69) is 20.7 Å². The van der Waals surface area contributed by atoms with Crippen LogP contribution in [0.3, 0.4) is 0 Å². The minimum absolute atomic E-state index is 0.0310. The van der Waals surface area contributed by atoms with Crippen LogP contribution in [0.4, 0.5) is 0 Å². The van der Waals surface area contributed by atoms with Crippen LogP contribution >= 0.6 is 0 Å². The minimum atomic E-state index is -0.986. The predicted octanol–water partition coefficient (Wildman–Crippen LogP) is 2.49. The summed E-state index contributed by atoms with van der Waals surface area (Å²) >= 11 is 0. The number of piperidine rings is 1. The number of nitrogens with zero attached hydrogens (tertiary/aromatic N) is 1. The average molecular weight is 625 g/mol. The number of ether oxygens (including phenoxy) is 2. The second kappa shape index (κ2) is 19.4. The van der Waals surface area contributed by atoms with Gasteiger partial charge in [-0.3, -0.25) is 19.2 Å². The Bertz CT molecular complexity index is 1220. The zero-order valence-electron chi connectivity index (χ0n) is 26.5. The number of aliphatic hydroxyl groups is 1. The first kappa shape index (κ1) is 35.5. The van der Waals surface area contributed by atoms with Gasteiger partial charge in [-0.15, -0.1) is 0 Å². The standard InChI is InChI=1S/C34H48N4O7/c1-44-27-14-9-13-26(21-27)23-35-24-30(39)29(22-25-11-5-3-6-12-25)37-34(43)28(36-31(40)15-10-16-33(42)45-2)17-18-32(41)38-19-7-4-8-20-38/h3,5-6,9,11-14,21,28-30,35,39H,4,7-8,10,15-20,22-24H2,1-2H3,(H,36,40)(H,37,43)/t28-,29+,30+/m1/s1. The normalized spacial score (nSPS) is 15.0. The van der Waals surface area contributed by atoms with Gasteiger partial charge in [0, 0.05) is 45.4 Å². The topological polar surface area (TPSA) is 146 Å². The molecular formula is C34H48N4O7. The highest BCUT2D eigenvalue weighted by atomic mass is 16.5. The van der Waals surface area contributed by atoms with Crippen molar-refractivity contribution in [1.82, 2.24) is 20.9 Å². The molecule has 0 unspecified atom stereocenters. The maximum Gasteiger partial charge on any atom is 0.305 e. The Morgan fingerprint density at radius 2 is 1.62 bits per heavy atom. The number of benzene rings is 2. The molecule has 1 saturated heterocycles. The quantitative estimate of drug-likeness (QED) is 0.185. The van der Waals surface area contributed by atoms with Crippen LogP contribution in [-0.4, -0.2) is 85.7 Å². The van der Waals surface area contributed by atoms with E-state index in [1.54, 1.807) is 7.11 Å². The van der Waals surface area contributed by atoms with Gasteiger partial charge in [-0.05, 0) is 61.8 Å². The van der Waals surface area contributed by atoms with Gasteiger partial charge in [0.2, 0.25) is 17.7 Å². The molecule has 11 heteroatoms. The van der Waals surface area contributed by atoms with Gasteiger partial charge >= 0.3 is 5.97 Å². The molecule has 1 aliphatic heterocycles. The molecule has 1 heterocycles. The smallest absolute Gasteiger partial charge is 0.305 e. The average Bonchev–Trinajstić information content (AvgIpc) is 3.06. The van der Waals surface area contributed by atoms with Crippen LogP contribution in [0, 0.1) is 0 Å². The number of hydrogen-bond acceptors (Lipinski definition) is 8.